The molecule has 0 atom stereocenters. The Bertz CT molecular complexity index is 1440. The van der Waals surface area contributed by atoms with Crippen LogP contribution < -0.4 is 19.5 Å². The van der Waals surface area contributed by atoms with E-state index < -0.39 is 69.9 Å². The van der Waals surface area contributed by atoms with Gasteiger partial charge >= 0.3 is 18.5 Å². The molecule has 0 spiro atoms. The van der Waals surface area contributed by atoms with Gasteiger partial charge in [0.1, 0.15) is 28.5 Å². The number of rotatable bonds is 8. The first-order valence-electron chi connectivity index (χ1n) is 10.7. The number of halogens is 7. The Hall–Kier alpha value is -4.47. The fourth-order valence-electron chi connectivity index (χ4n) is 3.10. The molecule has 0 bridgehead atoms. The predicted molar refractivity (Wildman–Crippen MR) is 125 cm³/mol. The third-order valence-corrected chi connectivity index (χ3v) is 4.70. The minimum Gasteiger partial charge on any atom is -0.478 e. The molecule has 0 fully saturated rings. The van der Waals surface area contributed by atoms with Crippen molar-refractivity contribution in [2.75, 3.05) is 12.4 Å². The summed E-state index contributed by atoms with van der Waals surface area (Å²) >= 11 is 0. The van der Waals surface area contributed by atoms with Crippen LogP contribution in [0.4, 0.5) is 36.6 Å². The molecule has 0 aliphatic heterocycles. The summed E-state index contributed by atoms with van der Waals surface area (Å²) in [7, 11) is 11.3. The van der Waals surface area contributed by atoms with Crippen molar-refractivity contribution < 1.29 is 64.4 Å². The van der Waals surface area contributed by atoms with E-state index in [-0.39, 0.29) is 17.4 Å². The average Bonchev–Trinajstić information content (AvgIpc) is 2.83. The molecular weight excluding hydrogens is 571 g/mol. The number of amides is 1. The van der Waals surface area contributed by atoms with Gasteiger partial charge in [-0.05, 0) is 36.4 Å². The van der Waals surface area contributed by atoms with Crippen molar-refractivity contribution in [3.63, 3.8) is 0 Å². The molecule has 0 aliphatic rings. The lowest BCUT2D eigenvalue weighted by molar-refractivity contribution is -0.274. The highest BCUT2D eigenvalue weighted by Crippen LogP contribution is 2.41. The Morgan fingerprint density at radius 1 is 0.927 bits per heavy atom. The van der Waals surface area contributed by atoms with Crippen LogP contribution in [0.15, 0.2) is 48.7 Å². The summed E-state index contributed by atoms with van der Waals surface area (Å²) in [5.74, 6) is -8.11. The monoisotopic (exact) mass is 584 g/mol. The SMILES string of the molecule is [B]C([B])(O)Oc1cc(OC(F)(F)F)ccc1Oc1ccc(C(F)(F)F)c(F)c1C(=O)Nc1ccc(C(=O)OC)cn1. The van der Waals surface area contributed by atoms with E-state index in [2.05, 4.69) is 14.5 Å². The fourth-order valence-corrected chi connectivity index (χ4v) is 3.10. The van der Waals surface area contributed by atoms with Gasteiger partial charge in [0.2, 0.25) is 0 Å². The van der Waals surface area contributed by atoms with Gasteiger partial charge < -0.3 is 29.4 Å². The number of nitrogens with zero attached hydrogens (tertiary/aromatic N) is 1. The molecule has 0 saturated heterocycles. The summed E-state index contributed by atoms with van der Waals surface area (Å²) in [6.07, 6.45) is -9.49. The molecule has 0 saturated carbocycles. The van der Waals surface area contributed by atoms with Crippen LogP contribution in [-0.2, 0) is 10.9 Å². The minimum absolute atomic E-state index is 0.0509. The van der Waals surface area contributed by atoms with Gasteiger partial charge in [-0.15, -0.1) is 13.2 Å². The number of ether oxygens (including phenoxy) is 4. The van der Waals surface area contributed by atoms with Gasteiger partial charge in [-0.1, -0.05) is 0 Å². The van der Waals surface area contributed by atoms with Gasteiger partial charge in [-0.3, -0.25) is 4.79 Å². The topological polar surface area (TPSA) is 116 Å². The minimum atomic E-state index is -5.27. The van der Waals surface area contributed by atoms with Crippen molar-refractivity contribution in [2.24, 2.45) is 0 Å². The highest BCUT2D eigenvalue weighted by atomic mass is 19.4. The number of aliphatic hydroxyl groups is 1. The maximum Gasteiger partial charge on any atom is 0.573 e. The highest BCUT2D eigenvalue weighted by molar-refractivity contribution is 6.37. The molecule has 4 radical (unpaired) electrons. The molecule has 0 unspecified atom stereocenters. The zero-order chi connectivity index (χ0) is 30.8. The van der Waals surface area contributed by atoms with E-state index in [0.29, 0.717) is 24.3 Å². The lowest BCUT2D eigenvalue weighted by Gasteiger charge is -2.24. The number of pyridine rings is 1. The molecule has 0 aliphatic carbocycles. The number of carbonyl (C=O) groups is 2. The van der Waals surface area contributed by atoms with Crippen LogP contribution in [0.3, 0.4) is 0 Å². The second-order valence-electron chi connectivity index (χ2n) is 7.79. The van der Waals surface area contributed by atoms with Gasteiger partial charge in [-0.25, -0.2) is 14.2 Å². The number of hydrogen-bond acceptors (Lipinski definition) is 8. The summed E-state index contributed by atoms with van der Waals surface area (Å²) in [5, 5.41) is 11.6. The van der Waals surface area contributed by atoms with Crippen LogP contribution in [0.25, 0.3) is 0 Å². The van der Waals surface area contributed by atoms with Crippen molar-refractivity contribution in [1.82, 2.24) is 4.98 Å². The van der Waals surface area contributed by atoms with E-state index in [0.717, 1.165) is 25.4 Å². The van der Waals surface area contributed by atoms with Gasteiger partial charge in [0.25, 0.3) is 5.91 Å². The Balaban J connectivity index is 2.07. The summed E-state index contributed by atoms with van der Waals surface area (Å²) < 4.78 is 111. The third-order valence-electron chi connectivity index (χ3n) is 4.70. The molecule has 3 rings (SSSR count). The predicted octanol–water partition coefficient (Wildman–Crippen LogP) is 4.29. The number of anilines is 1. The molecule has 3 aromatic rings. The van der Waals surface area contributed by atoms with Crippen molar-refractivity contribution in [3.05, 3.63) is 71.2 Å². The quantitative estimate of drug-likeness (QED) is 0.175. The van der Waals surface area contributed by atoms with E-state index in [1.54, 1.807) is 0 Å². The van der Waals surface area contributed by atoms with Crippen LogP contribution in [-0.4, -0.2) is 56.7 Å². The Kier molecular flexibility index (Phi) is 8.76. The number of alkyl halides is 6. The second-order valence-corrected chi connectivity index (χ2v) is 7.79. The van der Waals surface area contributed by atoms with E-state index in [1.807, 2.05) is 5.32 Å². The maximum absolute atomic E-state index is 15.1. The highest BCUT2D eigenvalue weighted by Gasteiger charge is 2.38. The Labute approximate surface area is 228 Å². The van der Waals surface area contributed by atoms with Gasteiger partial charge in [0.05, 0.1) is 18.2 Å². The molecule has 1 aromatic heterocycles. The summed E-state index contributed by atoms with van der Waals surface area (Å²) in [4.78, 5) is 28.2. The van der Waals surface area contributed by atoms with E-state index in [4.69, 9.17) is 25.2 Å². The van der Waals surface area contributed by atoms with E-state index in [9.17, 15) is 41.0 Å². The van der Waals surface area contributed by atoms with Crippen LogP contribution in [0, 0.1) is 5.82 Å². The number of aromatic nitrogens is 1. The molecule has 41 heavy (non-hydrogen) atoms. The first-order chi connectivity index (χ1) is 18.9. The normalized spacial score (nSPS) is 11.9. The lowest BCUT2D eigenvalue weighted by Crippen LogP contribution is -2.36. The van der Waals surface area contributed by atoms with Crippen LogP contribution in [0.1, 0.15) is 26.3 Å². The lowest BCUT2D eigenvalue weighted by atomic mass is 9.76. The standard InChI is InChI=1S/C23H13B2F7N2O7/c1-38-20(36)10-2-7-16(33-9-10)34-19(35)17-14(6-4-12(18(17)26)21(27,28)29)39-13-5-3-11(40-23(30,31)32)8-15(13)41-22(24,25)37/h2-9,37H,1H3,(H,33,34,35). The van der Waals surface area contributed by atoms with Crippen molar-refractivity contribution >= 4 is 33.4 Å². The van der Waals surface area contributed by atoms with E-state index in [1.165, 1.54) is 0 Å². The molecule has 2 aromatic carbocycles. The first-order valence-corrected chi connectivity index (χ1v) is 10.7. The summed E-state index contributed by atoms with van der Waals surface area (Å²) in [6.45, 7) is 0. The smallest absolute Gasteiger partial charge is 0.478 e. The second kappa shape index (κ2) is 11.6. The van der Waals surface area contributed by atoms with Gasteiger partial charge in [0.15, 0.2) is 33.0 Å². The Morgan fingerprint density at radius 3 is 2.12 bits per heavy atom. The molecule has 212 valence electrons. The van der Waals surface area contributed by atoms with Crippen molar-refractivity contribution in [3.8, 4) is 23.0 Å². The molecule has 1 amide bonds. The molecule has 18 heteroatoms. The molecular formula is C23H13B2F7N2O7. The summed E-state index contributed by atoms with van der Waals surface area (Å²) in [5.41, 5.74) is -6.25. The summed E-state index contributed by atoms with van der Waals surface area (Å²) in [6, 6.07) is 4.83. The fraction of sp³-hybridized carbons (Fsp3) is 0.174. The number of benzene rings is 2. The Morgan fingerprint density at radius 2 is 1.59 bits per heavy atom. The molecule has 2 N–H and O–H groups in total. The number of nitrogens with one attached hydrogen (secondary N) is 1. The van der Waals surface area contributed by atoms with Crippen LogP contribution in [0.2, 0.25) is 0 Å². The molecule has 9 nitrogen and oxygen atoms in total. The molecule has 1 heterocycles. The zero-order valence-electron chi connectivity index (χ0n) is 20.3. The zero-order valence-corrected chi connectivity index (χ0v) is 20.3. The maximum atomic E-state index is 15.1. The number of esters is 1. The van der Waals surface area contributed by atoms with Crippen LogP contribution in [0.5, 0.6) is 23.0 Å². The number of methoxy groups -OCH3 is 1. The number of hydrogen-bond donors (Lipinski definition) is 2. The largest absolute Gasteiger partial charge is 0.573 e. The first kappa shape index (κ1) is 31.1. The number of carbonyl (C=O) groups excluding carboxylic acids is 2. The third kappa shape index (κ3) is 8.26. The van der Waals surface area contributed by atoms with Crippen molar-refractivity contribution in [1.29, 1.82) is 0 Å². The van der Waals surface area contributed by atoms with E-state index >= 15 is 4.39 Å². The van der Waals surface area contributed by atoms with Gasteiger partial charge in [0, 0.05) is 12.3 Å². The average molecular weight is 584 g/mol. The van der Waals surface area contributed by atoms with Gasteiger partial charge in [-0.2, -0.15) is 13.2 Å². The van der Waals surface area contributed by atoms with Crippen LogP contribution >= 0.6 is 0 Å². The van der Waals surface area contributed by atoms with Crippen molar-refractivity contribution in [2.45, 2.75) is 18.1 Å².